The zero-order valence-corrected chi connectivity index (χ0v) is 17.1. The number of alkyl halides is 5. The number of aromatic nitrogens is 2. The van der Waals surface area contributed by atoms with Crippen molar-refractivity contribution in [3.8, 4) is 0 Å². The normalized spacial score (nSPS) is 22.1. The van der Waals surface area contributed by atoms with E-state index in [-0.39, 0.29) is 5.56 Å². The van der Waals surface area contributed by atoms with Crippen molar-refractivity contribution in [2.24, 2.45) is 10.7 Å². The molecule has 12 heteroatoms. The summed E-state index contributed by atoms with van der Waals surface area (Å²) in [5.74, 6) is -6.01. The van der Waals surface area contributed by atoms with Gasteiger partial charge < -0.3 is 10.5 Å². The molecule has 1 aromatic heterocycles. The molecule has 6 nitrogen and oxygen atoms in total. The van der Waals surface area contributed by atoms with Crippen molar-refractivity contribution in [2.75, 3.05) is 0 Å². The van der Waals surface area contributed by atoms with Gasteiger partial charge in [-0.1, -0.05) is 6.07 Å². The number of nitrogens with two attached hydrogens (primary N) is 1. The summed E-state index contributed by atoms with van der Waals surface area (Å²) in [6, 6.07) is 2.55. The smallest absolute Gasteiger partial charge is 0.419 e. The average molecular weight is 460 g/mol. The monoisotopic (exact) mass is 460 g/mol. The van der Waals surface area contributed by atoms with Gasteiger partial charge >= 0.3 is 12.1 Å². The van der Waals surface area contributed by atoms with Crippen LogP contribution >= 0.6 is 0 Å². The molecule has 0 amide bonds. The van der Waals surface area contributed by atoms with E-state index in [1.165, 1.54) is 6.07 Å². The Labute approximate surface area is 178 Å². The van der Waals surface area contributed by atoms with Crippen LogP contribution in [0.2, 0.25) is 0 Å². The number of ketones is 1. The summed E-state index contributed by atoms with van der Waals surface area (Å²) in [6.07, 6.45) is -4.23. The predicted molar refractivity (Wildman–Crippen MR) is 101 cm³/mol. The fourth-order valence-corrected chi connectivity index (χ4v) is 3.39. The third kappa shape index (κ3) is 3.89. The first kappa shape index (κ1) is 23.5. The van der Waals surface area contributed by atoms with Gasteiger partial charge in [0.15, 0.2) is 17.0 Å². The van der Waals surface area contributed by atoms with Gasteiger partial charge in [-0.15, -0.1) is 0 Å². The summed E-state index contributed by atoms with van der Waals surface area (Å²) < 4.78 is 87.9. The molecule has 1 aromatic carbocycles. The third-order valence-electron chi connectivity index (χ3n) is 5.21. The summed E-state index contributed by atoms with van der Waals surface area (Å²) in [4.78, 5) is 22.9. The van der Waals surface area contributed by atoms with Gasteiger partial charge in [-0.05, 0) is 38.5 Å². The minimum Gasteiger partial charge on any atom is -0.453 e. The van der Waals surface area contributed by atoms with Crippen LogP contribution in [0, 0.1) is 5.82 Å². The first-order valence-electron chi connectivity index (χ1n) is 9.22. The number of halogens is 6. The number of carbonyl (C=O) groups is 1. The number of hydrogen-bond donors (Lipinski definition) is 1. The Kier molecular flexibility index (Phi) is 5.47. The van der Waals surface area contributed by atoms with E-state index in [1.54, 1.807) is 0 Å². The van der Waals surface area contributed by atoms with Crippen LogP contribution in [0.3, 0.4) is 0 Å². The summed E-state index contributed by atoms with van der Waals surface area (Å²) >= 11 is 0. The van der Waals surface area contributed by atoms with E-state index in [2.05, 4.69) is 15.0 Å². The van der Waals surface area contributed by atoms with Crippen molar-refractivity contribution in [1.82, 2.24) is 9.97 Å². The quantitative estimate of drug-likeness (QED) is 0.550. The number of amidine groups is 1. The van der Waals surface area contributed by atoms with E-state index in [9.17, 15) is 22.4 Å². The van der Waals surface area contributed by atoms with Crippen LogP contribution in [-0.4, -0.2) is 33.3 Å². The Morgan fingerprint density at radius 2 is 1.72 bits per heavy atom. The maximum Gasteiger partial charge on any atom is 0.419 e. The first-order valence-corrected chi connectivity index (χ1v) is 9.22. The number of benzene rings is 1. The fraction of sp³-hybridized carbons (Fsp3) is 0.400. The highest BCUT2D eigenvalue weighted by atomic mass is 19.4. The highest BCUT2D eigenvalue weighted by Crippen LogP contribution is 2.51. The SMILES string of the molecule is CC1(C)OC(N)=N[C@](C)(c2cc(CC(=O)c3ncc(C(F)(F)F)cn3)ccc2F)C1(F)F. The number of ether oxygens (including phenoxy) is 1. The molecule has 0 unspecified atom stereocenters. The molecule has 2 heterocycles. The van der Waals surface area contributed by atoms with Crippen LogP contribution in [0.1, 0.15) is 48.1 Å². The standard InChI is InChI=1S/C20H18F6N4O2/c1-17(2)20(25,26)18(3,30-16(27)32-17)12-6-10(4-5-13(12)21)7-14(31)15-28-8-11(9-29-15)19(22,23)24/h4-6,8-9H,7H2,1-3H3,(H2,27,30)/t18-/m1/s1. The molecule has 2 aromatic rings. The van der Waals surface area contributed by atoms with Crippen molar-refractivity contribution in [2.45, 2.75) is 50.4 Å². The van der Waals surface area contributed by atoms with Crippen LogP contribution in [-0.2, 0) is 22.9 Å². The Hall–Kier alpha value is -3.18. The van der Waals surface area contributed by atoms with E-state index in [0.29, 0.717) is 12.4 Å². The highest BCUT2D eigenvalue weighted by molar-refractivity contribution is 5.94. The van der Waals surface area contributed by atoms with Gasteiger partial charge in [0.2, 0.25) is 5.78 Å². The number of aliphatic imine (C=N–C) groups is 1. The van der Waals surface area contributed by atoms with Crippen molar-refractivity contribution >= 4 is 11.8 Å². The maximum absolute atomic E-state index is 15.2. The van der Waals surface area contributed by atoms with Gasteiger partial charge in [0, 0.05) is 24.4 Å². The predicted octanol–water partition coefficient (Wildman–Crippen LogP) is 4.03. The van der Waals surface area contributed by atoms with Crippen molar-refractivity contribution < 1.29 is 35.9 Å². The van der Waals surface area contributed by atoms with Crippen LogP contribution in [0.25, 0.3) is 0 Å². The lowest BCUT2D eigenvalue weighted by molar-refractivity contribution is -0.207. The topological polar surface area (TPSA) is 90.5 Å². The molecule has 0 spiro atoms. The Balaban J connectivity index is 1.96. The van der Waals surface area contributed by atoms with Gasteiger partial charge in [0.25, 0.3) is 6.02 Å². The van der Waals surface area contributed by atoms with Crippen molar-refractivity contribution in [1.29, 1.82) is 0 Å². The third-order valence-corrected chi connectivity index (χ3v) is 5.21. The molecule has 1 atom stereocenters. The highest BCUT2D eigenvalue weighted by Gasteiger charge is 2.66. The summed E-state index contributed by atoms with van der Waals surface area (Å²) in [5, 5.41) is 0. The number of rotatable bonds is 4. The second-order valence-corrected chi connectivity index (χ2v) is 7.92. The fourth-order valence-electron chi connectivity index (χ4n) is 3.39. The van der Waals surface area contributed by atoms with E-state index >= 15 is 8.78 Å². The number of hydrogen-bond acceptors (Lipinski definition) is 6. The molecule has 0 radical (unpaired) electrons. The van der Waals surface area contributed by atoms with Crippen LogP contribution in [0.15, 0.2) is 35.6 Å². The zero-order chi connectivity index (χ0) is 24.1. The number of Topliss-reactive ketones (excluding diaryl/α,β-unsaturated/α-hetero) is 1. The molecule has 0 saturated carbocycles. The second-order valence-electron chi connectivity index (χ2n) is 7.92. The lowest BCUT2D eigenvalue weighted by Crippen LogP contribution is -2.62. The minimum absolute atomic E-state index is 0.102. The Morgan fingerprint density at radius 3 is 2.28 bits per heavy atom. The molecular formula is C20H18F6N4O2. The van der Waals surface area contributed by atoms with Crippen LogP contribution in [0.4, 0.5) is 26.3 Å². The van der Waals surface area contributed by atoms with Gasteiger partial charge in [0.05, 0.1) is 5.56 Å². The van der Waals surface area contributed by atoms with E-state index in [4.69, 9.17) is 10.5 Å². The van der Waals surface area contributed by atoms with E-state index in [0.717, 1.165) is 32.9 Å². The number of nitrogens with zero attached hydrogens (tertiary/aromatic N) is 3. The van der Waals surface area contributed by atoms with E-state index in [1.807, 2.05) is 0 Å². The molecule has 0 saturated heterocycles. The van der Waals surface area contributed by atoms with Gasteiger partial charge in [0.1, 0.15) is 5.82 Å². The molecule has 2 N–H and O–H groups in total. The minimum atomic E-state index is -4.67. The molecule has 1 aliphatic heterocycles. The van der Waals surface area contributed by atoms with Crippen molar-refractivity contribution in [3.63, 3.8) is 0 Å². The largest absolute Gasteiger partial charge is 0.453 e. The summed E-state index contributed by atoms with van der Waals surface area (Å²) in [5.41, 5.74) is -0.568. The van der Waals surface area contributed by atoms with E-state index < -0.39 is 64.2 Å². The molecule has 172 valence electrons. The molecule has 3 rings (SSSR count). The molecular weight excluding hydrogens is 442 g/mol. The van der Waals surface area contributed by atoms with Gasteiger partial charge in [-0.2, -0.15) is 22.0 Å². The van der Waals surface area contributed by atoms with Gasteiger partial charge in [-0.3, -0.25) is 4.79 Å². The maximum atomic E-state index is 15.2. The average Bonchev–Trinajstić information content (AvgIpc) is 2.67. The number of carbonyl (C=O) groups excluding carboxylic acids is 1. The Morgan fingerprint density at radius 1 is 1.12 bits per heavy atom. The first-order chi connectivity index (χ1) is 14.6. The van der Waals surface area contributed by atoms with Gasteiger partial charge in [-0.25, -0.2) is 19.4 Å². The van der Waals surface area contributed by atoms with Crippen LogP contribution in [0.5, 0.6) is 0 Å². The molecule has 1 aliphatic rings. The summed E-state index contributed by atoms with van der Waals surface area (Å²) in [7, 11) is 0. The lowest BCUT2D eigenvalue weighted by Gasteiger charge is -2.46. The molecule has 0 aliphatic carbocycles. The molecule has 32 heavy (non-hydrogen) atoms. The van der Waals surface area contributed by atoms with Crippen molar-refractivity contribution in [3.05, 3.63) is 58.9 Å². The lowest BCUT2D eigenvalue weighted by atomic mass is 9.76. The second kappa shape index (κ2) is 7.45. The molecule has 0 bridgehead atoms. The molecule has 0 fully saturated rings. The zero-order valence-electron chi connectivity index (χ0n) is 17.1. The Bertz CT molecular complexity index is 1080. The van der Waals surface area contributed by atoms with Crippen LogP contribution < -0.4 is 5.73 Å². The summed E-state index contributed by atoms with van der Waals surface area (Å²) in [6.45, 7) is 3.16.